The number of imidazole rings is 1. The lowest BCUT2D eigenvalue weighted by Gasteiger charge is -2.08. The molecular formula is C13H12N4O. The fraction of sp³-hybridized carbons (Fsp3) is 0.0769. The largest absolute Gasteiger partial charge is 0.506 e. The van der Waals surface area contributed by atoms with Gasteiger partial charge in [0.25, 0.3) is 0 Å². The summed E-state index contributed by atoms with van der Waals surface area (Å²) in [5, 5.41) is 10.7. The van der Waals surface area contributed by atoms with Crippen LogP contribution in [0.5, 0.6) is 5.75 Å². The molecule has 0 saturated heterocycles. The maximum atomic E-state index is 9.81. The molecule has 90 valence electrons. The SMILES string of the molecule is Nc1ccc2c(Cn3ccnc3)ccc(O)c2n1. The van der Waals surface area contributed by atoms with Crippen molar-refractivity contribution in [2.75, 3.05) is 5.73 Å². The number of pyridine rings is 1. The summed E-state index contributed by atoms with van der Waals surface area (Å²) < 4.78 is 1.96. The number of hydrogen-bond acceptors (Lipinski definition) is 4. The molecule has 0 amide bonds. The van der Waals surface area contributed by atoms with Gasteiger partial charge in [0.15, 0.2) is 0 Å². The van der Waals surface area contributed by atoms with Gasteiger partial charge in [-0.25, -0.2) is 9.97 Å². The predicted molar refractivity (Wildman–Crippen MR) is 69.1 cm³/mol. The minimum atomic E-state index is 0.145. The summed E-state index contributed by atoms with van der Waals surface area (Å²) >= 11 is 0. The molecular weight excluding hydrogens is 228 g/mol. The molecule has 0 atom stereocenters. The van der Waals surface area contributed by atoms with Crippen LogP contribution in [0, 0.1) is 0 Å². The second kappa shape index (κ2) is 4.03. The molecule has 0 saturated carbocycles. The van der Waals surface area contributed by atoms with Gasteiger partial charge in [0, 0.05) is 24.3 Å². The zero-order chi connectivity index (χ0) is 12.5. The molecule has 3 aromatic rings. The third kappa shape index (κ3) is 1.75. The Labute approximate surface area is 104 Å². The van der Waals surface area contributed by atoms with Gasteiger partial charge in [0.2, 0.25) is 0 Å². The number of anilines is 1. The van der Waals surface area contributed by atoms with E-state index in [1.54, 1.807) is 24.7 Å². The number of rotatable bonds is 2. The summed E-state index contributed by atoms with van der Waals surface area (Å²) in [6.07, 6.45) is 5.38. The number of nitrogen functional groups attached to an aromatic ring is 1. The fourth-order valence-electron chi connectivity index (χ4n) is 1.99. The highest BCUT2D eigenvalue weighted by Crippen LogP contribution is 2.27. The van der Waals surface area contributed by atoms with Gasteiger partial charge in [-0.1, -0.05) is 6.07 Å². The van der Waals surface area contributed by atoms with E-state index in [-0.39, 0.29) is 5.75 Å². The molecule has 0 radical (unpaired) electrons. The highest BCUT2D eigenvalue weighted by atomic mass is 16.3. The highest BCUT2D eigenvalue weighted by Gasteiger charge is 2.07. The van der Waals surface area contributed by atoms with Crippen molar-refractivity contribution in [1.29, 1.82) is 0 Å². The first kappa shape index (κ1) is 10.6. The standard InChI is InChI=1S/C13H12N4O/c14-12-4-2-10-9(7-17-6-5-15-8-17)1-3-11(18)13(10)16-12/h1-6,8,18H,7H2,(H2,14,16). The number of aromatic nitrogens is 3. The van der Waals surface area contributed by atoms with Crippen LogP contribution in [-0.4, -0.2) is 19.6 Å². The number of aromatic hydroxyl groups is 1. The Hall–Kier alpha value is -2.56. The van der Waals surface area contributed by atoms with Crippen LogP contribution in [0.15, 0.2) is 43.0 Å². The van der Waals surface area contributed by atoms with Crippen LogP contribution >= 0.6 is 0 Å². The average molecular weight is 240 g/mol. The number of benzene rings is 1. The van der Waals surface area contributed by atoms with Gasteiger partial charge < -0.3 is 15.4 Å². The lowest BCUT2D eigenvalue weighted by molar-refractivity contribution is 0.480. The molecule has 0 bridgehead atoms. The van der Waals surface area contributed by atoms with Crippen LogP contribution in [0.3, 0.4) is 0 Å². The predicted octanol–water partition coefficient (Wildman–Crippen LogP) is 1.77. The molecule has 1 aromatic carbocycles. The molecule has 5 heteroatoms. The van der Waals surface area contributed by atoms with Gasteiger partial charge in [0.1, 0.15) is 17.1 Å². The Morgan fingerprint density at radius 3 is 2.89 bits per heavy atom. The van der Waals surface area contributed by atoms with E-state index in [0.717, 1.165) is 10.9 Å². The molecule has 0 spiro atoms. The van der Waals surface area contributed by atoms with Crippen LogP contribution in [0.4, 0.5) is 5.82 Å². The number of phenols is 1. The van der Waals surface area contributed by atoms with Gasteiger partial charge in [-0.2, -0.15) is 0 Å². The third-order valence-corrected chi connectivity index (χ3v) is 2.86. The van der Waals surface area contributed by atoms with Gasteiger partial charge >= 0.3 is 0 Å². The Bertz CT molecular complexity index is 692. The van der Waals surface area contributed by atoms with Crippen molar-refractivity contribution >= 4 is 16.7 Å². The summed E-state index contributed by atoms with van der Waals surface area (Å²) in [4.78, 5) is 8.18. The van der Waals surface area contributed by atoms with Crippen LogP contribution < -0.4 is 5.73 Å². The highest BCUT2D eigenvalue weighted by molar-refractivity contribution is 5.88. The zero-order valence-electron chi connectivity index (χ0n) is 9.61. The van der Waals surface area contributed by atoms with E-state index < -0.39 is 0 Å². The summed E-state index contributed by atoms with van der Waals surface area (Å²) in [6, 6.07) is 7.14. The molecule has 0 aliphatic carbocycles. The normalized spacial score (nSPS) is 10.9. The molecule has 0 unspecified atom stereocenters. The molecule has 0 aliphatic heterocycles. The van der Waals surface area contributed by atoms with Crippen molar-refractivity contribution in [1.82, 2.24) is 14.5 Å². The number of nitrogens with zero attached hydrogens (tertiary/aromatic N) is 3. The van der Waals surface area contributed by atoms with E-state index in [1.807, 2.05) is 22.9 Å². The Balaban J connectivity index is 2.15. The number of fused-ring (bicyclic) bond motifs is 1. The van der Waals surface area contributed by atoms with Crippen LogP contribution in [0.1, 0.15) is 5.56 Å². The molecule has 5 nitrogen and oxygen atoms in total. The number of hydrogen-bond donors (Lipinski definition) is 2. The van der Waals surface area contributed by atoms with Crippen molar-refractivity contribution < 1.29 is 5.11 Å². The Kier molecular flexibility index (Phi) is 2.37. The fourth-order valence-corrected chi connectivity index (χ4v) is 1.99. The second-order valence-corrected chi connectivity index (χ2v) is 4.11. The van der Waals surface area contributed by atoms with Crippen molar-refractivity contribution in [3.8, 4) is 5.75 Å². The molecule has 2 heterocycles. The lowest BCUT2D eigenvalue weighted by Crippen LogP contribution is -1.99. The van der Waals surface area contributed by atoms with E-state index in [2.05, 4.69) is 9.97 Å². The molecule has 18 heavy (non-hydrogen) atoms. The third-order valence-electron chi connectivity index (χ3n) is 2.86. The summed E-state index contributed by atoms with van der Waals surface area (Å²) in [7, 11) is 0. The number of nitrogens with two attached hydrogens (primary N) is 1. The number of phenolic OH excluding ortho intramolecular Hbond substituents is 1. The van der Waals surface area contributed by atoms with Gasteiger partial charge in [-0.15, -0.1) is 0 Å². The maximum Gasteiger partial charge on any atom is 0.141 e. The van der Waals surface area contributed by atoms with Crippen molar-refractivity contribution in [3.05, 3.63) is 48.5 Å². The van der Waals surface area contributed by atoms with Crippen LogP contribution in [0.2, 0.25) is 0 Å². The first-order valence-electron chi connectivity index (χ1n) is 5.57. The van der Waals surface area contributed by atoms with Crippen LogP contribution in [-0.2, 0) is 6.54 Å². The monoisotopic (exact) mass is 240 g/mol. The molecule has 0 aliphatic rings. The molecule has 2 aromatic heterocycles. The van der Waals surface area contributed by atoms with E-state index in [1.165, 1.54) is 0 Å². The van der Waals surface area contributed by atoms with Gasteiger partial charge in [-0.3, -0.25) is 0 Å². The summed E-state index contributed by atoms with van der Waals surface area (Å²) in [6.45, 7) is 0.683. The first-order chi connectivity index (χ1) is 8.74. The quantitative estimate of drug-likeness (QED) is 0.715. The second-order valence-electron chi connectivity index (χ2n) is 4.11. The maximum absolute atomic E-state index is 9.81. The molecule has 3 rings (SSSR count). The van der Waals surface area contributed by atoms with Crippen molar-refractivity contribution in [2.45, 2.75) is 6.54 Å². The van der Waals surface area contributed by atoms with Gasteiger partial charge in [0.05, 0.1) is 6.33 Å². The Morgan fingerprint density at radius 1 is 1.22 bits per heavy atom. The molecule has 0 fully saturated rings. The zero-order valence-corrected chi connectivity index (χ0v) is 9.61. The van der Waals surface area contributed by atoms with Gasteiger partial charge in [-0.05, 0) is 23.8 Å². The van der Waals surface area contributed by atoms with E-state index in [9.17, 15) is 5.11 Å². The van der Waals surface area contributed by atoms with E-state index >= 15 is 0 Å². The summed E-state index contributed by atoms with van der Waals surface area (Å²) in [5.74, 6) is 0.546. The summed E-state index contributed by atoms with van der Waals surface area (Å²) in [5.41, 5.74) is 7.24. The van der Waals surface area contributed by atoms with Crippen molar-refractivity contribution in [2.24, 2.45) is 0 Å². The molecule has 3 N–H and O–H groups in total. The van der Waals surface area contributed by atoms with Crippen molar-refractivity contribution in [3.63, 3.8) is 0 Å². The lowest BCUT2D eigenvalue weighted by atomic mass is 10.1. The van der Waals surface area contributed by atoms with E-state index in [4.69, 9.17) is 5.73 Å². The Morgan fingerprint density at radius 2 is 2.11 bits per heavy atom. The van der Waals surface area contributed by atoms with Crippen LogP contribution in [0.25, 0.3) is 10.9 Å². The topological polar surface area (TPSA) is 77.0 Å². The minimum absolute atomic E-state index is 0.145. The average Bonchev–Trinajstić information content (AvgIpc) is 2.86. The van der Waals surface area contributed by atoms with E-state index in [0.29, 0.717) is 17.9 Å². The minimum Gasteiger partial charge on any atom is -0.506 e. The smallest absolute Gasteiger partial charge is 0.141 e. The first-order valence-corrected chi connectivity index (χ1v) is 5.57.